The van der Waals surface area contributed by atoms with Gasteiger partial charge in [-0.1, -0.05) is 24.6 Å². The van der Waals surface area contributed by atoms with Crippen LogP contribution in [0.4, 0.5) is 13.2 Å². The minimum absolute atomic E-state index is 0.157. The SMILES string of the molecule is O=C1CC(C2CCCCN2CCCCc2cccc(C(F)(F)F)c2)CN1. The summed E-state index contributed by atoms with van der Waals surface area (Å²) < 4.78 is 38.3. The fraction of sp³-hybridized carbons (Fsp3) is 0.650. The molecule has 1 N–H and O–H groups in total. The van der Waals surface area contributed by atoms with E-state index in [1.807, 2.05) is 0 Å². The van der Waals surface area contributed by atoms with Gasteiger partial charge in [0.1, 0.15) is 0 Å². The third kappa shape index (κ3) is 5.00. The summed E-state index contributed by atoms with van der Waals surface area (Å²) in [7, 11) is 0. The Labute approximate surface area is 152 Å². The lowest BCUT2D eigenvalue weighted by Crippen LogP contribution is -2.45. The number of carbonyl (C=O) groups is 1. The minimum atomic E-state index is -4.27. The van der Waals surface area contributed by atoms with Crippen LogP contribution in [0.1, 0.15) is 49.7 Å². The lowest BCUT2D eigenvalue weighted by molar-refractivity contribution is -0.137. The summed E-state index contributed by atoms with van der Waals surface area (Å²) in [6.07, 6.45) is 2.44. The number of hydrogen-bond acceptors (Lipinski definition) is 2. The zero-order valence-electron chi connectivity index (χ0n) is 15.0. The number of unbranched alkanes of at least 4 members (excludes halogenated alkanes) is 1. The first kappa shape index (κ1) is 19.2. The molecule has 2 aliphatic heterocycles. The van der Waals surface area contributed by atoms with Crippen LogP contribution in [-0.2, 0) is 17.4 Å². The molecule has 3 nitrogen and oxygen atoms in total. The summed E-state index contributed by atoms with van der Waals surface area (Å²) in [5, 5.41) is 2.94. The number of alkyl halides is 3. The molecule has 0 radical (unpaired) electrons. The van der Waals surface area contributed by atoms with E-state index in [1.54, 1.807) is 6.07 Å². The maximum absolute atomic E-state index is 12.8. The van der Waals surface area contributed by atoms with Gasteiger partial charge in [0.05, 0.1) is 5.56 Å². The lowest BCUT2D eigenvalue weighted by atomic mass is 9.89. The number of rotatable bonds is 6. The Hall–Kier alpha value is -1.56. The highest BCUT2D eigenvalue weighted by Crippen LogP contribution is 2.30. The molecule has 1 aromatic carbocycles. The predicted octanol–water partition coefficient (Wildman–Crippen LogP) is 4.02. The summed E-state index contributed by atoms with van der Waals surface area (Å²) in [5.41, 5.74) is 0.185. The molecule has 0 bridgehead atoms. The summed E-state index contributed by atoms with van der Waals surface area (Å²) in [5.74, 6) is 0.566. The Morgan fingerprint density at radius 2 is 2.04 bits per heavy atom. The zero-order valence-corrected chi connectivity index (χ0v) is 15.0. The first-order chi connectivity index (χ1) is 12.4. The number of piperidine rings is 1. The molecule has 3 rings (SSSR count). The van der Waals surface area contributed by atoms with Gasteiger partial charge in [-0.05, 0) is 56.8 Å². The van der Waals surface area contributed by atoms with E-state index < -0.39 is 11.7 Å². The zero-order chi connectivity index (χ0) is 18.6. The average Bonchev–Trinajstić information content (AvgIpc) is 3.05. The molecule has 2 aliphatic rings. The van der Waals surface area contributed by atoms with E-state index in [4.69, 9.17) is 0 Å². The van der Waals surface area contributed by atoms with Crippen LogP contribution in [0.25, 0.3) is 0 Å². The first-order valence-corrected chi connectivity index (χ1v) is 9.60. The molecule has 6 heteroatoms. The van der Waals surface area contributed by atoms with Gasteiger partial charge in [-0.15, -0.1) is 0 Å². The molecule has 2 unspecified atom stereocenters. The van der Waals surface area contributed by atoms with Crippen LogP contribution in [0.3, 0.4) is 0 Å². The average molecular weight is 368 g/mol. The van der Waals surface area contributed by atoms with Crippen LogP contribution in [0, 0.1) is 5.92 Å². The Kier molecular flexibility index (Phi) is 6.22. The van der Waals surface area contributed by atoms with Crippen LogP contribution in [-0.4, -0.2) is 36.5 Å². The second-order valence-corrected chi connectivity index (χ2v) is 7.52. The number of nitrogens with one attached hydrogen (secondary N) is 1. The lowest BCUT2D eigenvalue weighted by Gasteiger charge is -2.38. The second-order valence-electron chi connectivity index (χ2n) is 7.52. The summed E-state index contributed by atoms with van der Waals surface area (Å²) >= 11 is 0. The van der Waals surface area contributed by atoms with E-state index in [1.165, 1.54) is 25.0 Å². The fourth-order valence-corrected chi connectivity index (χ4v) is 4.27. The van der Waals surface area contributed by atoms with Gasteiger partial charge in [0, 0.05) is 24.9 Å². The quantitative estimate of drug-likeness (QED) is 0.769. The molecule has 0 spiro atoms. The van der Waals surface area contributed by atoms with Crippen LogP contribution >= 0.6 is 0 Å². The van der Waals surface area contributed by atoms with Crippen LogP contribution in [0.2, 0.25) is 0 Å². The maximum atomic E-state index is 12.8. The molecule has 2 fully saturated rings. The van der Waals surface area contributed by atoms with Crippen molar-refractivity contribution in [2.45, 2.75) is 57.2 Å². The topological polar surface area (TPSA) is 32.3 Å². The van der Waals surface area contributed by atoms with E-state index in [0.717, 1.165) is 50.5 Å². The largest absolute Gasteiger partial charge is 0.416 e. The molecular weight excluding hydrogens is 341 g/mol. The third-order valence-corrected chi connectivity index (χ3v) is 5.63. The summed E-state index contributed by atoms with van der Waals surface area (Å²) in [4.78, 5) is 14.0. The molecule has 0 aliphatic carbocycles. The number of benzene rings is 1. The molecule has 2 saturated heterocycles. The van der Waals surface area contributed by atoms with Crippen molar-refractivity contribution in [1.82, 2.24) is 10.2 Å². The normalized spacial score (nSPS) is 24.7. The molecule has 26 heavy (non-hydrogen) atoms. The predicted molar refractivity (Wildman–Crippen MR) is 94.7 cm³/mol. The van der Waals surface area contributed by atoms with Gasteiger partial charge in [0.2, 0.25) is 5.91 Å². The third-order valence-electron chi connectivity index (χ3n) is 5.63. The second kappa shape index (κ2) is 8.42. The van der Waals surface area contributed by atoms with Crippen molar-refractivity contribution in [2.75, 3.05) is 19.6 Å². The smallest absolute Gasteiger partial charge is 0.356 e. The number of nitrogens with zero attached hydrogens (tertiary/aromatic N) is 1. The van der Waals surface area contributed by atoms with Gasteiger partial charge in [-0.2, -0.15) is 13.2 Å². The molecule has 0 aromatic heterocycles. The van der Waals surface area contributed by atoms with Gasteiger partial charge < -0.3 is 10.2 Å². The molecule has 1 amide bonds. The van der Waals surface area contributed by atoms with Crippen molar-refractivity contribution in [3.8, 4) is 0 Å². The van der Waals surface area contributed by atoms with Gasteiger partial charge in [-0.3, -0.25) is 4.79 Å². The first-order valence-electron chi connectivity index (χ1n) is 9.60. The van der Waals surface area contributed by atoms with Crippen LogP contribution < -0.4 is 5.32 Å². The van der Waals surface area contributed by atoms with Crippen molar-refractivity contribution < 1.29 is 18.0 Å². The van der Waals surface area contributed by atoms with Crippen molar-refractivity contribution in [3.05, 3.63) is 35.4 Å². The number of hydrogen-bond donors (Lipinski definition) is 1. The number of halogens is 3. The van der Waals surface area contributed by atoms with Gasteiger partial charge in [0.15, 0.2) is 0 Å². The molecule has 2 heterocycles. The van der Waals surface area contributed by atoms with E-state index >= 15 is 0 Å². The summed E-state index contributed by atoms with van der Waals surface area (Å²) in [6, 6.07) is 6.12. The summed E-state index contributed by atoms with van der Waals surface area (Å²) in [6.45, 7) is 2.82. The van der Waals surface area contributed by atoms with E-state index in [9.17, 15) is 18.0 Å². The maximum Gasteiger partial charge on any atom is 0.416 e. The van der Waals surface area contributed by atoms with Crippen LogP contribution in [0.15, 0.2) is 24.3 Å². The standard InChI is InChI=1S/C20H27F3N2O/c21-20(22,23)17-8-5-7-15(12-17)6-1-3-10-25-11-4-2-9-18(25)16-13-19(26)24-14-16/h5,7-8,12,16,18H,1-4,6,9-11,13-14H2,(H,24,26). The number of amides is 1. The van der Waals surface area contributed by atoms with E-state index in [-0.39, 0.29) is 5.91 Å². The Morgan fingerprint density at radius 3 is 2.77 bits per heavy atom. The molecule has 144 valence electrons. The molecule has 0 saturated carbocycles. The molecule has 2 atom stereocenters. The highest BCUT2D eigenvalue weighted by atomic mass is 19.4. The number of aryl methyl sites for hydroxylation is 1. The Morgan fingerprint density at radius 1 is 1.19 bits per heavy atom. The van der Waals surface area contributed by atoms with Crippen molar-refractivity contribution in [3.63, 3.8) is 0 Å². The van der Waals surface area contributed by atoms with Gasteiger partial charge in [0.25, 0.3) is 0 Å². The molecular formula is C20H27F3N2O. The fourth-order valence-electron chi connectivity index (χ4n) is 4.27. The Bertz CT molecular complexity index is 617. The van der Waals surface area contributed by atoms with Crippen LogP contribution in [0.5, 0.6) is 0 Å². The Balaban J connectivity index is 1.47. The monoisotopic (exact) mass is 368 g/mol. The number of likely N-dealkylation sites (tertiary alicyclic amines) is 1. The van der Waals surface area contributed by atoms with Crippen molar-refractivity contribution >= 4 is 5.91 Å². The highest BCUT2D eigenvalue weighted by Gasteiger charge is 2.34. The molecule has 1 aromatic rings. The van der Waals surface area contributed by atoms with Gasteiger partial charge in [-0.25, -0.2) is 0 Å². The van der Waals surface area contributed by atoms with Crippen molar-refractivity contribution in [1.29, 1.82) is 0 Å². The van der Waals surface area contributed by atoms with E-state index in [0.29, 0.717) is 24.8 Å². The number of carbonyl (C=O) groups excluding carboxylic acids is 1. The minimum Gasteiger partial charge on any atom is -0.356 e. The highest BCUT2D eigenvalue weighted by molar-refractivity contribution is 5.78. The van der Waals surface area contributed by atoms with Crippen molar-refractivity contribution in [2.24, 2.45) is 5.92 Å². The van der Waals surface area contributed by atoms with E-state index in [2.05, 4.69) is 10.2 Å². The van der Waals surface area contributed by atoms with Gasteiger partial charge >= 0.3 is 6.18 Å².